The first kappa shape index (κ1) is 15.3. The van der Waals surface area contributed by atoms with Crippen LogP contribution in [0, 0.1) is 0 Å². The summed E-state index contributed by atoms with van der Waals surface area (Å²) in [7, 11) is 0. The molecule has 0 radical (unpaired) electrons. The van der Waals surface area contributed by atoms with Gasteiger partial charge in [-0.25, -0.2) is 0 Å². The smallest absolute Gasteiger partial charge is 0.171 e. The van der Waals surface area contributed by atoms with Crippen molar-refractivity contribution in [1.29, 1.82) is 0 Å². The Labute approximate surface area is 131 Å². The van der Waals surface area contributed by atoms with Gasteiger partial charge in [0, 0.05) is 12.2 Å². The maximum absolute atomic E-state index is 5.60. The Balaban J connectivity index is 1.82. The van der Waals surface area contributed by atoms with Crippen LogP contribution >= 0.6 is 12.2 Å². The zero-order valence-electron chi connectivity index (χ0n) is 12.3. The van der Waals surface area contributed by atoms with Gasteiger partial charge in [-0.3, -0.25) is 0 Å². The van der Waals surface area contributed by atoms with E-state index in [1.165, 1.54) is 5.56 Å². The van der Waals surface area contributed by atoms with Crippen LogP contribution in [0.1, 0.15) is 19.4 Å². The number of ether oxygens (including phenoxy) is 1. The molecule has 0 aliphatic carbocycles. The molecule has 21 heavy (non-hydrogen) atoms. The Morgan fingerprint density at radius 2 is 1.71 bits per heavy atom. The fourth-order valence-corrected chi connectivity index (χ4v) is 2.03. The van der Waals surface area contributed by atoms with E-state index in [-0.39, 0.29) is 6.10 Å². The van der Waals surface area contributed by atoms with Crippen LogP contribution in [0.2, 0.25) is 0 Å². The number of thiocarbonyl (C=S) groups is 1. The lowest BCUT2D eigenvalue weighted by atomic mass is 10.2. The first-order chi connectivity index (χ1) is 10.1. The van der Waals surface area contributed by atoms with E-state index in [2.05, 4.69) is 22.8 Å². The van der Waals surface area contributed by atoms with Crippen molar-refractivity contribution in [2.75, 3.05) is 5.32 Å². The number of benzene rings is 2. The zero-order chi connectivity index (χ0) is 15.1. The molecule has 0 amide bonds. The molecule has 0 fully saturated rings. The number of nitrogens with one attached hydrogen (secondary N) is 2. The van der Waals surface area contributed by atoms with E-state index < -0.39 is 0 Å². The molecule has 0 aliphatic heterocycles. The van der Waals surface area contributed by atoms with Gasteiger partial charge in [0.2, 0.25) is 0 Å². The monoisotopic (exact) mass is 300 g/mol. The highest BCUT2D eigenvalue weighted by Gasteiger charge is 2.00. The second-order valence-electron chi connectivity index (χ2n) is 4.98. The molecule has 0 aromatic heterocycles. The average Bonchev–Trinajstić information content (AvgIpc) is 2.48. The van der Waals surface area contributed by atoms with Gasteiger partial charge in [0.25, 0.3) is 0 Å². The summed E-state index contributed by atoms with van der Waals surface area (Å²) in [5, 5.41) is 6.95. The molecule has 0 unspecified atom stereocenters. The Kier molecular flexibility index (Phi) is 5.58. The molecule has 0 spiro atoms. The van der Waals surface area contributed by atoms with Gasteiger partial charge in [0.15, 0.2) is 5.11 Å². The van der Waals surface area contributed by atoms with E-state index in [1.807, 2.05) is 56.3 Å². The van der Waals surface area contributed by atoms with Crippen LogP contribution < -0.4 is 15.4 Å². The van der Waals surface area contributed by atoms with Crippen molar-refractivity contribution in [2.45, 2.75) is 26.5 Å². The van der Waals surface area contributed by atoms with Crippen LogP contribution in [0.15, 0.2) is 54.6 Å². The first-order valence-corrected chi connectivity index (χ1v) is 7.40. The summed E-state index contributed by atoms with van der Waals surface area (Å²) in [6, 6.07) is 17.9. The zero-order valence-corrected chi connectivity index (χ0v) is 13.1. The third kappa shape index (κ3) is 5.44. The van der Waals surface area contributed by atoms with Crippen LogP contribution in [0.5, 0.6) is 5.75 Å². The number of hydrogen-bond donors (Lipinski definition) is 2. The summed E-state index contributed by atoms with van der Waals surface area (Å²) < 4.78 is 5.60. The molecule has 0 heterocycles. The second kappa shape index (κ2) is 7.64. The lowest BCUT2D eigenvalue weighted by molar-refractivity contribution is 0.242. The minimum Gasteiger partial charge on any atom is -0.491 e. The van der Waals surface area contributed by atoms with Gasteiger partial charge >= 0.3 is 0 Å². The van der Waals surface area contributed by atoms with Gasteiger partial charge < -0.3 is 15.4 Å². The quantitative estimate of drug-likeness (QED) is 0.819. The molecule has 4 heteroatoms. The van der Waals surface area contributed by atoms with E-state index in [0.717, 1.165) is 11.4 Å². The van der Waals surface area contributed by atoms with Crippen LogP contribution in [-0.4, -0.2) is 11.2 Å². The highest BCUT2D eigenvalue weighted by Crippen LogP contribution is 2.16. The normalized spacial score (nSPS) is 10.2. The molecular weight excluding hydrogens is 280 g/mol. The SMILES string of the molecule is CC(C)Oc1ccc(NC(=S)NCc2ccccc2)cc1. The maximum atomic E-state index is 5.60. The molecule has 0 atom stereocenters. The van der Waals surface area contributed by atoms with E-state index >= 15 is 0 Å². The molecule has 0 bridgehead atoms. The summed E-state index contributed by atoms with van der Waals surface area (Å²) in [5.74, 6) is 0.860. The van der Waals surface area contributed by atoms with Crippen molar-refractivity contribution in [3.05, 3.63) is 60.2 Å². The predicted octanol–water partition coefficient (Wildman–Crippen LogP) is 3.96. The van der Waals surface area contributed by atoms with Gasteiger partial charge in [-0.2, -0.15) is 0 Å². The Morgan fingerprint density at radius 3 is 2.33 bits per heavy atom. The fourth-order valence-electron chi connectivity index (χ4n) is 1.84. The largest absolute Gasteiger partial charge is 0.491 e. The molecule has 2 aromatic rings. The maximum Gasteiger partial charge on any atom is 0.171 e. The standard InChI is InChI=1S/C17H20N2OS/c1-13(2)20-16-10-8-15(9-11-16)19-17(21)18-12-14-6-4-3-5-7-14/h3-11,13H,12H2,1-2H3,(H2,18,19,21). The van der Waals surface area contributed by atoms with Crippen molar-refractivity contribution >= 4 is 23.0 Å². The van der Waals surface area contributed by atoms with E-state index in [1.54, 1.807) is 0 Å². The van der Waals surface area contributed by atoms with Crippen LogP contribution in [0.25, 0.3) is 0 Å². The fraction of sp³-hybridized carbons (Fsp3) is 0.235. The molecule has 0 aliphatic rings. The van der Waals surface area contributed by atoms with Gasteiger partial charge in [-0.15, -0.1) is 0 Å². The Hall–Kier alpha value is -2.07. The van der Waals surface area contributed by atoms with Crippen molar-refractivity contribution in [1.82, 2.24) is 5.32 Å². The summed E-state index contributed by atoms with van der Waals surface area (Å²) in [6.07, 6.45) is 0.178. The third-order valence-corrected chi connectivity index (χ3v) is 3.03. The minimum absolute atomic E-state index is 0.178. The second-order valence-corrected chi connectivity index (χ2v) is 5.39. The van der Waals surface area contributed by atoms with Crippen molar-refractivity contribution in [3.8, 4) is 5.75 Å². The molecule has 2 rings (SSSR count). The molecule has 110 valence electrons. The topological polar surface area (TPSA) is 33.3 Å². The van der Waals surface area contributed by atoms with Gasteiger partial charge in [0.05, 0.1) is 6.10 Å². The lowest BCUT2D eigenvalue weighted by Crippen LogP contribution is -2.27. The van der Waals surface area contributed by atoms with Crippen LogP contribution in [0.4, 0.5) is 5.69 Å². The van der Waals surface area contributed by atoms with E-state index in [0.29, 0.717) is 11.7 Å². The molecule has 3 nitrogen and oxygen atoms in total. The molecular formula is C17H20N2OS. The highest BCUT2D eigenvalue weighted by molar-refractivity contribution is 7.80. The van der Waals surface area contributed by atoms with Crippen molar-refractivity contribution in [3.63, 3.8) is 0 Å². The summed E-state index contributed by atoms with van der Waals surface area (Å²) in [4.78, 5) is 0. The number of rotatable bonds is 5. The molecule has 2 aromatic carbocycles. The average molecular weight is 300 g/mol. The van der Waals surface area contributed by atoms with Gasteiger partial charge in [-0.1, -0.05) is 30.3 Å². The van der Waals surface area contributed by atoms with Gasteiger partial charge in [-0.05, 0) is 55.9 Å². The van der Waals surface area contributed by atoms with Crippen LogP contribution in [0.3, 0.4) is 0 Å². The lowest BCUT2D eigenvalue weighted by Gasteiger charge is -2.12. The third-order valence-electron chi connectivity index (χ3n) is 2.78. The van der Waals surface area contributed by atoms with Gasteiger partial charge in [0.1, 0.15) is 5.75 Å². The predicted molar refractivity (Wildman–Crippen MR) is 91.7 cm³/mol. The van der Waals surface area contributed by atoms with E-state index in [4.69, 9.17) is 17.0 Å². The molecule has 0 saturated carbocycles. The number of anilines is 1. The number of hydrogen-bond acceptors (Lipinski definition) is 2. The summed E-state index contributed by atoms with van der Waals surface area (Å²) in [5.41, 5.74) is 2.14. The first-order valence-electron chi connectivity index (χ1n) is 6.99. The summed E-state index contributed by atoms with van der Waals surface area (Å²) >= 11 is 5.28. The van der Waals surface area contributed by atoms with E-state index in [9.17, 15) is 0 Å². The minimum atomic E-state index is 0.178. The Bertz CT molecular complexity index is 567. The molecule has 2 N–H and O–H groups in total. The summed E-state index contributed by atoms with van der Waals surface area (Å²) in [6.45, 7) is 4.73. The highest BCUT2D eigenvalue weighted by atomic mass is 32.1. The molecule has 0 saturated heterocycles. The van der Waals surface area contributed by atoms with Crippen LogP contribution in [-0.2, 0) is 6.54 Å². The Morgan fingerprint density at radius 1 is 1.05 bits per heavy atom. The van der Waals surface area contributed by atoms with Crippen molar-refractivity contribution in [2.24, 2.45) is 0 Å². The van der Waals surface area contributed by atoms with Crippen molar-refractivity contribution < 1.29 is 4.74 Å².